The van der Waals surface area contributed by atoms with E-state index in [2.05, 4.69) is 12.2 Å². The van der Waals surface area contributed by atoms with Gasteiger partial charge in [-0.05, 0) is 37.5 Å². The average Bonchev–Trinajstić information content (AvgIpc) is 2.76. The van der Waals surface area contributed by atoms with Crippen molar-refractivity contribution < 1.29 is 19.8 Å². The molecule has 3 aliphatic rings. The van der Waals surface area contributed by atoms with Crippen LogP contribution < -0.4 is 0 Å². The summed E-state index contributed by atoms with van der Waals surface area (Å²) in [4.78, 5) is 26.4. The lowest BCUT2D eigenvalue weighted by atomic mass is 9.64. The van der Waals surface area contributed by atoms with Gasteiger partial charge in [-0.15, -0.1) is 0 Å². The van der Waals surface area contributed by atoms with Gasteiger partial charge in [0.05, 0.1) is 6.10 Å². The number of ketones is 1. The second kappa shape index (κ2) is 6.36. The number of carbonyl (C=O) groups is 2. The largest absolute Gasteiger partial charge is 0.511 e. The molecule has 0 aromatic carbocycles. The fourth-order valence-corrected chi connectivity index (χ4v) is 4.83. The Morgan fingerprint density at radius 1 is 1.25 bits per heavy atom. The molecule has 1 heterocycles. The van der Waals surface area contributed by atoms with E-state index in [1.54, 1.807) is 0 Å². The summed E-state index contributed by atoms with van der Waals surface area (Å²) < 4.78 is 0. The summed E-state index contributed by atoms with van der Waals surface area (Å²) in [6.45, 7) is 3.53. The number of Topliss-reactive ketones (excluding diaryl/α,β-unsaturated/α-hetero) is 1. The zero-order valence-corrected chi connectivity index (χ0v) is 14.6. The third kappa shape index (κ3) is 2.59. The minimum absolute atomic E-state index is 0.0613. The molecule has 3 rings (SSSR count). The van der Waals surface area contributed by atoms with Crippen LogP contribution >= 0.6 is 0 Å². The second-order valence-electron chi connectivity index (χ2n) is 7.61. The van der Waals surface area contributed by atoms with Crippen molar-refractivity contribution in [2.45, 2.75) is 51.7 Å². The van der Waals surface area contributed by atoms with Crippen LogP contribution in [0.25, 0.3) is 0 Å². The maximum absolute atomic E-state index is 12.7. The lowest BCUT2D eigenvalue weighted by Crippen LogP contribution is -2.40. The Hall–Kier alpha value is -1.62. The van der Waals surface area contributed by atoms with Crippen LogP contribution in [0.4, 0.5) is 0 Å². The van der Waals surface area contributed by atoms with Crippen molar-refractivity contribution in [1.29, 1.82) is 0 Å². The molecule has 0 spiro atoms. The lowest BCUT2D eigenvalue weighted by molar-refractivity contribution is -0.128. The quantitative estimate of drug-likeness (QED) is 0.351. The number of likely N-dealkylation sites (tertiary alicyclic amines) is 1. The number of nitrogens with zero attached hydrogens (tertiary/aromatic N) is 1. The van der Waals surface area contributed by atoms with Gasteiger partial charge in [-0.1, -0.05) is 31.9 Å². The molecule has 1 aliphatic heterocycles. The number of carbonyl (C=O) groups excluding carboxylic acids is 2. The molecule has 0 aromatic heterocycles. The minimum atomic E-state index is -0.956. The van der Waals surface area contributed by atoms with Crippen LogP contribution in [-0.2, 0) is 9.59 Å². The van der Waals surface area contributed by atoms with Gasteiger partial charge < -0.3 is 15.1 Å². The molecule has 2 fully saturated rings. The van der Waals surface area contributed by atoms with Crippen LogP contribution in [0.5, 0.6) is 0 Å². The molecule has 6 atom stereocenters. The summed E-state index contributed by atoms with van der Waals surface area (Å²) in [5.41, 5.74) is -0.111. The Bertz CT molecular complexity index is 606. The first-order chi connectivity index (χ1) is 11.3. The maximum atomic E-state index is 12.7. The highest BCUT2D eigenvalue weighted by atomic mass is 16.3. The molecule has 5 nitrogen and oxygen atoms in total. The van der Waals surface area contributed by atoms with E-state index in [1.165, 1.54) is 25.3 Å². The van der Waals surface area contributed by atoms with Crippen molar-refractivity contribution in [3.63, 3.8) is 0 Å². The van der Waals surface area contributed by atoms with Crippen molar-refractivity contribution in [3.8, 4) is 0 Å². The number of fused-ring (bicyclic) bond motifs is 1. The van der Waals surface area contributed by atoms with Gasteiger partial charge >= 0.3 is 0 Å². The van der Waals surface area contributed by atoms with E-state index >= 15 is 0 Å². The number of likely N-dealkylation sites (N-methyl/N-ethyl adjacent to an activating group) is 1. The van der Waals surface area contributed by atoms with E-state index in [0.29, 0.717) is 5.92 Å². The smallest absolute Gasteiger partial charge is 0.261 e. The first-order valence-corrected chi connectivity index (χ1v) is 8.95. The summed E-state index contributed by atoms with van der Waals surface area (Å²) in [6, 6.07) is -0.897. The van der Waals surface area contributed by atoms with E-state index in [1.807, 2.05) is 6.92 Å². The number of hydrogen-bond acceptors (Lipinski definition) is 4. The van der Waals surface area contributed by atoms with Crippen LogP contribution in [0.3, 0.4) is 0 Å². The van der Waals surface area contributed by atoms with Crippen molar-refractivity contribution in [3.05, 3.63) is 23.5 Å². The molecule has 1 saturated carbocycles. The van der Waals surface area contributed by atoms with E-state index in [4.69, 9.17) is 0 Å². The molecule has 5 heteroatoms. The lowest BCUT2D eigenvalue weighted by Gasteiger charge is -2.41. The highest BCUT2D eigenvalue weighted by Gasteiger charge is 2.48. The number of hydrogen-bond donors (Lipinski definition) is 2. The van der Waals surface area contributed by atoms with E-state index in [9.17, 15) is 19.8 Å². The van der Waals surface area contributed by atoms with Crippen LogP contribution in [0, 0.1) is 23.7 Å². The Kier molecular flexibility index (Phi) is 4.56. The third-order valence-corrected chi connectivity index (χ3v) is 6.06. The summed E-state index contributed by atoms with van der Waals surface area (Å²) in [5.74, 6) is -0.393. The van der Waals surface area contributed by atoms with Crippen LogP contribution in [0.2, 0.25) is 0 Å². The van der Waals surface area contributed by atoms with Crippen LogP contribution in [-0.4, -0.2) is 46.0 Å². The summed E-state index contributed by atoms with van der Waals surface area (Å²) >= 11 is 0. The second-order valence-corrected chi connectivity index (χ2v) is 7.61. The molecule has 1 saturated heterocycles. The molecular weight excluding hydrogens is 306 g/mol. The predicted octanol–water partition coefficient (Wildman–Crippen LogP) is 2.22. The Balaban J connectivity index is 2.01. The van der Waals surface area contributed by atoms with E-state index < -0.39 is 23.8 Å². The first kappa shape index (κ1) is 17.2. The third-order valence-electron chi connectivity index (χ3n) is 6.06. The summed E-state index contributed by atoms with van der Waals surface area (Å²) in [6.07, 6.45) is 7.82. The molecule has 2 N–H and O–H groups in total. The van der Waals surface area contributed by atoms with Crippen molar-refractivity contribution in [2.24, 2.45) is 23.7 Å². The molecule has 2 aliphatic carbocycles. The van der Waals surface area contributed by atoms with Crippen molar-refractivity contribution in [1.82, 2.24) is 4.90 Å². The molecule has 0 aromatic rings. The normalized spacial score (nSPS) is 39.8. The van der Waals surface area contributed by atoms with Crippen LogP contribution in [0.1, 0.15) is 39.5 Å². The monoisotopic (exact) mass is 333 g/mol. The highest BCUT2D eigenvalue weighted by Crippen LogP contribution is 2.46. The highest BCUT2D eigenvalue weighted by molar-refractivity contribution is 6.26. The molecule has 24 heavy (non-hydrogen) atoms. The fraction of sp³-hybridized carbons (Fsp3) is 0.684. The number of aliphatic hydroxyl groups is 2. The zero-order chi connectivity index (χ0) is 17.6. The van der Waals surface area contributed by atoms with Crippen LogP contribution in [0.15, 0.2) is 23.5 Å². The van der Waals surface area contributed by atoms with Gasteiger partial charge in [0.1, 0.15) is 17.4 Å². The van der Waals surface area contributed by atoms with E-state index in [0.717, 1.165) is 19.3 Å². The fourth-order valence-electron chi connectivity index (χ4n) is 4.83. The predicted molar refractivity (Wildman–Crippen MR) is 90.1 cm³/mol. The topological polar surface area (TPSA) is 77.8 Å². The number of amides is 1. The van der Waals surface area contributed by atoms with Gasteiger partial charge in [-0.3, -0.25) is 9.59 Å². The van der Waals surface area contributed by atoms with Gasteiger partial charge in [0, 0.05) is 13.0 Å². The van der Waals surface area contributed by atoms with Crippen molar-refractivity contribution in [2.75, 3.05) is 7.05 Å². The summed E-state index contributed by atoms with van der Waals surface area (Å²) in [7, 11) is 1.51. The summed E-state index contributed by atoms with van der Waals surface area (Å²) in [5, 5.41) is 20.8. The standard InChI is InChI=1S/C19H27NO4/c1-10-8-9-12-6-4-5-7-13(12)14(10)17(22)15-18(23)16(11(2)21)20(3)19(15)24/h8-14,16,21-22H,4-7H2,1-3H3/b17-15+/t10-,11-,12+,13-,14-,16+/m1/s1. The first-order valence-electron chi connectivity index (χ1n) is 8.95. The van der Waals surface area contributed by atoms with E-state index in [-0.39, 0.29) is 29.1 Å². The average molecular weight is 333 g/mol. The molecule has 1 amide bonds. The van der Waals surface area contributed by atoms with Gasteiger partial charge in [-0.2, -0.15) is 0 Å². The molecule has 0 unspecified atom stereocenters. The minimum Gasteiger partial charge on any atom is -0.511 e. The Morgan fingerprint density at radius 3 is 2.54 bits per heavy atom. The molecule has 0 radical (unpaired) electrons. The zero-order valence-electron chi connectivity index (χ0n) is 14.6. The Labute approximate surface area is 143 Å². The molecular formula is C19H27NO4. The molecule has 0 bridgehead atoms. The van der Waals surface area contributed by atoms with Gasteiger partial charge in [-0.25, -0.2) is 0 Å². The number of aliphatic hydroxyl groups excluding tert-OH is 2. The number of rotatable bonds is 2. The SMILES string of the molecule is C[C@@H]1C=C[C@@H]2CCCC[C@H]2[C@@H]1/C(O)=C1/C(=O)[C@H]([C@@H](C)O)N(C)C1=O. The van der Waals surface area contributed by atoms with Gasteiger partial charge in [0.15, 0.2) is 5.78 Å². The van der Waals surface area contributed by atoms with Gasteiger partial charge in [0.2, 0.25) is 0 Å². The maximum Gasteiger partial charge on any atom is 0.261 e. The van der Waals surface area contributed by atoms with Gasteiger partial charge in [0.25, 0.3) is 5.91 Å². The van der Waals surface area contributed by atoms with Crippen molar-refractivity contribution >= 4 is 11.7 Å². The number of allylic oxidation sites excluding steroid dienone is 3. The Morgan fingerprint density at radius 2 is 1.92 bits per heavy atom. The molecule has 132 valence electrons.